The third-order valence-corrected chi connectivity index (χ3v) is 5.03. The number of H-pyrrole nitrogens is 1. The summed E-state index contributed by atoms with van der Waals surface area (Å²) in [7, 11) is 2.09. The van der Waals surface area contributed by atoms with E-state index in [4.69, 9.17) is 0 Å². The van der Waals surface area contributed by atoms with E-state index in [0.29, 0.717) is 12.5 Å². The van der Waals surface area contributed by atoms with Gasteiger partial charge in [0.1, 0.15) is 0 Å². The number of fused-ring (bicyclic) bond motifs is 1. The summed E-state index contributed by atoms with van der Waals surface area (Å²) in [6.45, 7) is 2.69. The van der Waals surface area contributed by atoms with Gasteiger partial charge < -0.3 is 4.98 Å². The number of nitrogens with zero attached hydrogens (tertiary/aromatic N) is 2. The third-order valence-electron chi connectivity index (χ3n) is 5.03. The molecule has 1 N–H and O–H groups in total. The number of pyridine rings is 2. The van der Waals surface area contributed by atoms with Gasteiger partial charge in [0.05, 0.1) is 11.7 Å². The van der Waals surface area contributed by atoms with E-state index in [1.54, 1.807) is 0 Å². The summed E-state index contributed by atoms with van der Waals surface area (Å²) < 4.78 is 0. The molecule has 0 spiro atoms. The van der Waals surface area contributed by atoms with E-state index >= 15 is 0 Å². The van der Waals surface area contributed by atoms with Crippen molar-refractivity contribution < 1.29 is 0 Å². The molecule has 4 heteroatoms. The molecule has 1 fully saturated rings. The van der Waals surface area contributed by atoms with Crippen LogP contribution in [0.1, 0.15) is 35.7 Å². The van der Waals surface area contributed by atoms with Crippen LogP contribution in [0, 0.1) is 12.8 Å². The third kappa shape index (κ3) is 3.35. The number of nitrogens with one attached hydrogen (secondary N) is 1. The van der Waals surface area contributed by atoms with Crippen molar-refractivity contribution in [3.8, 4) is 0 Å². The van der Waals surface area contributed by atoms with Crippen LogP contribution >= 0.6 is 0 Å². The molecule has 1 aliphatic carbocycles. The number of aryl methyl sites for hydroxylation is 1. The van der Waals surface area contributed by atoms with Crippen LogP contribution in [0.4, 0.5) is 0 Å². The Bertz CT molecular complexity index is 944. The molecule has 4 rings (SSSR count). The largest absolute Gasteiger partial charge is 0.322 e. The fourth-order valence-electron chi connectivity index (χ4n) is 3.65. The first kappa shape index (κ1) is 16.0. The number of hydrogen-bond acceptors (Lipinski definition) is 3. The van der Waals surface area contributed by atoms with Crippen molar-refractivity contribution in [2.24, 2.45) is 5.92 Å². The number of hydrogen-bond donors (Lipinski definition) is 1. The van der Waals surface area contributed by atoms with Crippen LogP contribution in [0.2, 0.25) is 0 Å². The van der Waals surface area contributed by atoms with Crippen LogP contribution in [0.5, 0.6) is 0 Å². The highest BCUT2D eigenvalue weighted by molar-refractivity contribution is 5.79. The van der Waals surface area contributed by atoms with Gasteiger partial charge in [0.25, 0.3) is 5.56 Å². The zero-order valence-electron chi connectivity index (χ0n) is 14.7. The van der Waals surface area contributed by atoms with Gasteiger partial charge in [-0.1, -0.05) is 17.7 Å². The summed E-state index contributed by atoms with van der Waals surface area (Å²) >= 11 is 0. The molecule has 4 nitrogen and oxygen atoms in total. The van der Waals surface area contributed by atoms with Crippen molar-refractivity contribution in [3.63, 3.8) is 0 Å². The van der Waals surface area contributed by atoms with Gasteiger partial charge in [0.2, 0.25) is 0 Å². The predicted molar refractivity (Wildman–Crippen MR) is 100 cm³/mol. The lowest BCUT2D eigenvalue weighted by molar-refractivity contribution is 0.207. The van der Waals surface area contributed by atoms with Gasteiger partial charge in [0, 0.05) is 23.8 Å². The first-order valence-corrected chi connectivity index (χ1v) is 8.85. The van der Waals surface area contributed by atoms with E-state index in [0.717, 1.165) is 22.2 Å². The molecule has 0 saturated heterocycles. The van der Waals surface area contributed by atoms with Crippen molar-refractivity contribution in [1.82, 2.24) is 14.9 Å². The SMILES string of the molecule is Cc1ccc2[nH]c(=O)c(CN(C)[C@H](c3ccccn3)C3CC3)cc2c1. The van der Waals surface area contributed by atoms with E-state index < -0.39 is 0 Å². The molecular weight excluding hydrogens is 310 g/mol. The highest BCUT2D eigenvalue weighted by Crippen LogP contribution is 2.43. The lowest BCUT2D eigenvalue weighted by Gasteiger charge is -2.27. The van der Waals surface area contributed by atoms with Crippen molar-refractivity contribution in [1.29, 1.82) is 0 Å². The second kappa shape index (κ2) is 6.45. The molecule has 1 atom stereocenters. The minimum absolute atomic E-state index is 0.00114. The Hall–Kier alpha value is -2.46. The quantitative estimate of drug-likeness (QED) is 0.772. The lowest BCUT2D eigenvalue weighted by Crippen LogP contribution is -2.29. The van der Waals surface area contributed by atoms with Crippen molar-refractivity contribution >= 4 is 10.9 Å². The smallest absolute Gasteiger partial charge is 0.252 e. The molecule has 1 aliphatic rings. The summed E-state index contributed by atoms with van der Waals surface area (Å²) in [6, 6.07) is 14.5. The Kier molecular flexibility index (Phi) is 4.14. The van der Waals surface area contributed by atoms with Gasteiger partial charge in [-0.25, -0.2) is 0 Å². The molecule has 128 valence electrons. The summed E-state index contributed by atoms with van der Waals surface area (Å²) in [5, 5.41) is 1.09. The van der Waals surface area contributed by atoms with Gasteiger partial charge in [-0.2, -0.15) is 0 Å². The number of aromatic amines is 1. The number of aromatic nitrogens is 2. The molecule has 0 amide bonds. The van der Waals surface area contributed by atoms with E-state index in [1.807, 2.05) is 36.5 Å². The summed E-state index contributed by atoms with van der Waals surface area (Å²) in [4.78, 5) is 22.3. The zero-order chi connectivity index (χ0) is 17.4. The average Bonchev–Trinajstić information content (AvgIpc) is 3.42. The Labute approximate surface area is 147 Å². The molecule has 0 bridgehead atoms. The molecule has 0 radical (unpaired) electrons. The standard InChI is InChI=1S/C21H23N3O/c1-14-6-9-18-16(11-14)12-17(21(25)23-18)13-24(2)20(15-7-8-15)19-5-3-4-10-22-19/h3-6,9-12,15,20H,7-8,13H2,1-2H3,(H,23,25)/t20-/m0/s1. The molecule has 3 aromatic rings. The van der Waals surface area contributed by atoms with Crippen molar-refractivity contribution in [2.45, 2.75) is 32.4 Å². The first-order chi connectivity index (χ1) is 12.1. The Balaban J connectivity index is 1.65. The van der Waals surface area contributed by atoms with Gasteiger partial charge in [0.15, 0.2) is 0 Å². The highest BCUT2D eigenvalue weighted by Gasteiger charge is 2.35. The Morgan fingerprint density at radius 3 is 2.80 bits per heavy atom. The topological polar surface area (TPSA) is 49.0 Å². The van der Waals surface area contributed by atoms with Gasteiger partial charge in [-0.15, -0.1) is 0 Å². The highest BCUT2D eigenvalue weighted by atomic mass is 16.1. The monoisotopic (exact) mass is 333 g/mol. The summed E-state index contributed by atoms with van der Waals surface area (Å²) in [5.41, 5.74) is 4.00. The van der Waals surface area contributed by atoms with Crippen LogP contribution in [0.15, 0.2) is 53.5 Å². The second-order valence-corrected chi connectivity index (χ2v) is 7.17. The van der Waals surface area contributed by atoms with Crippen molar-refractivity contribution in [2.75, 3.05) is 7.05 Å². The zero-order valence-corrected chi connectivity index (χ0v) is 14.7. The van der Waals surface area contributed by atoms with E-state index in [2.05, 4.69) is 41.0 Å². The predicted octanol–water partition coefficient (Wildman–Crippen LogP) is 3.81. The molecule has 1 aromatic carbocycles. The first-order valence-electron chi connectivity index (χ1n) is 8.85. The normalized spacial score (nSPS) is 15.6. The van der Waals surface area contributed by atoms with Crippen LogP contribution in [0.25, 0.3) is 10.9 Å². The van der Waals surface area contributed by atoms with E-state index in [9.17, 15) is 4.79 Å². The second-order valence-electron chi connectivity index (χ2n) is 7.17. The number of benzene rings is 1. The summed E-state index contributed by atoms with van der Waals surface area (Å²) in [5.74, 6) is 0.640. The van der Waals surface area contributed by atoms with E-state index in [-0.39, 0.29) is 11.6 Å². The van der Waals surface area contributed by atoms with Crippen molar-refractivity contribution in [3.05, 3.63) is 75.8 Å². The molecule has 0 aliphatic heterocycles. The molecule has 0 unspecified atom stereocenters. The van der Waals surface area contributed by atoms with Crippen LogP contribution < -0.4 is 5.56 Å². The van der Waals surface area contributed by atoms with Gasteiger partial charge in [-0.3, -0.25) is 14.7 Å². The molecule has 25 heavy (non-hydrogen) atoms. The fourth-order valence-corrected chi connectivity index (χ4v) is 3.65. The maximum atomic E-state index is 12.5. The minimum Gasteiger partial charge on any atom is -0.322 e. The molecule has 1 saturated carbocycles. The average molecular weight is 333 g/mol. The fraction of sp³-hybridized carbons (Fsp3) is 0.333. The van der Waals surface area contributed by atoms with Crippen LogP contribution in [-0.4, -0.2) is 21.9 Å². The van der Waals surface area contributed by atoms with Crippen LogP contribution in [0.3, 0.4) is 0 Å². The molecule has 2 aromatic heterocycles. The molecular formula is C21H23N3O. The maximum Gasteiger partial charge on any atom is 0.252 e. The number of rotatable bonds is 5. The summed E-state index contributed by atoms with van der Waals surface area (Å²) in [6.07, 6.45) is 4.32. The minimum atomic E-state index is -0.00114. The van der Waals surface area contributed by atoms with Crippen LogP contribution in [-0.2, 0) is 6.54 Å². The van der Waals surface area contributed by atoms with Gasteiger partial charge >= 0.3 is 0 Å². The molecule has 2 heterocycles. The van der Waals surface area contributed by atoms with Gasteiger partial charge in [-0.05, 0) is 68.4 Å². The Morgan fingerprint density at radius 2 is 2.08 bits per heavy atom. The maximum absolute atomic E-state index is 12.5. The van der Waals surface area contributed by atoms with E-state index in [1.165, 1.54) is 18.4 Å². The lowest BCUT2D eigenvalue weighted by atomic mass is 10.0. The Morgan fingerprint density at radius 1 is 1.24 bits per heavy atom.